The van der Waals surface area contributed by atoms with Gasteiger partial charge < -0.3 is 4.90 Å². The monoisotopic (exact) mass is 370 g/mol. The van der Waals surface area contributed by atoms with E-state index in [1.807, 2.05) is 36.4 Å². The molecule has 1 aliphatic rings. The third-order valence-electron chi connectivity index (χ3n) is 5.31. The minimum absolute atomic E-state index is 0.0957. The van der Waals surface area contributed by atoms with Gasteiger partial charge in [-0.1, -0.05) is 36.4 Å². The molecule has 2 heterocycles. The highest BCUT2D eigenvalue weighted by Crippen LogP contribution is 2.44. The summed E-state index contributed by atoms with van der Waals surface area (Å²) in [4.78, 5) is 18.2. The fourth-order valence-corrected chi connectivity index (χ4v) is 4.14. The van der Waals surface area contributed by atoms with Gasteiger partial charge in [-0.25, -0.2) is 4.98 Å². The summed E-state index contributed by atoms with van der Waals surface area (Å²) in [5, 5.41) is 11.4. The molecule has 28 heavy (non-hydrogen) atoms. The first-order valence-electron chi connectivity index (χ1n) is 9.26. The molecule has 3 aromatic carbocycles. The van der Waals surface area contributed by atoms with E-state index in [0.29, 0.717) is 0 Å². The summed E-state index contributed by atoms with van der Waals surface area (Å²) < 4.78 is 2.19. The Morgan fingerprint density at radius 1 is 1.04 bits per heavy atom. The smallest absolute Gasteiger partial charge is 0.269 e. The number of anilines is 1. The fourth-order valence-electron chi connectivity index (χ4n) is 4.14. The summed E-state index contributed by atoms with van der Waals surface area (Å²) in [6, 6.07) is 23.1. The van der Waals surface area contributed by atoms with Gasteiger partial charge in [-0.3, -0.25) is 14.7 Å². The zero-order valence-corrected chi connectivity index (χ0v) is 15.3. The highest BCUT2D eigenvalue weighted by atomic mass is 16.6. The molecule has 1 aromatic heterocycles. The maximum absolute atomic E-state index is 11.4. The molecule has 6 heteroatoms. The molecular weight excluding hydrogens is 352 g/mol. The molecule has 0 radical (unpaired) electrons. The van der Waals surface area contributed by atoms with Crippen LogP contribution in [0.25, 0.3) is 22.4 Å². The second kappa shape index (κ2) is 6.20. The van der Waals surface area contributed by atoms with E-state index in [0.717, 1.165) is 40.2 Å². The van der Waals surface area contributed by atoms with Crippen LogP contribution in [0.2, 0.25) is 0 Å². The van der Waals surface area contributed by atoms with Gasteiger partial charge in [0.15, 0.2) is 0 Å². The van der Waals surface area contributed by atoms with Crippen molar-refractivity contribution in [3.63, 3.8) is 0 Å². The lowest BCUT2D eigenvalue weighted by Crippen LogP contribution is -2.37. The molecule has 0 N–H and O–H groups in total. The summed E-state index contributed by atoms with van der Waals surface area (Å²) >= 11 is 0. The normalized spacial score (nSPS) is 15.3. The van der Waals surface area contributed by atoms with Crippen molar-refractivity contribution < 1.29 is 4.92 Å². The number of hydrogen-bond donors (Lipinski definition) is 0. The Morgan fingerprint density at radius 2 is 1.82 bits per heavy atom. The van der Waals surface area contributed by atoms with Crippen molar-refractivity contribution in [2.24, 2.45) is 0 Å². The molecule has 0 fully saturated rings. The van der Waals surface area contributed by atoms with Crippen LogP contribution in [0.5, 0.6) is 0 Å². The van der Waals surface area contributed by atoms with Crippen molar-refractivity contribution in [1.29, 1.82) is 0 Å². The molecule has 0 amide bonds. The molecule has 4 aromatic rings. The van der Waals surface area contributed by atoms with Crippen LogP contribution >= 0.6 is 0 Å². The Morgan fingerprint density at radius 3 is 2.64 bits per heavy atom. The largest absolute Gasteiger partial charge is 0.347 e. The van der Waals surface area contributed by atoms with Crippen LogP contribution in [-0.2, 0) is 0 Å². The molecule has 0 spiro atoms. The Kier molecular flexibility index (Phi) is 3.65. The van der Waals surface area contributed by atoms with E-state index in [1.165, 1.54) is 6.07 Å². The number of nitro benzene ring substituents is 1. The van der Waals surface area contributed by atoms with Crippen LogP contribution in [0.4, 0.5) is 11.4 Å². The molecule has 5 rings (SSSR count). The summed E-state index contributed by atoms with van der Waals surface area (Å²) in [7, 11) is 0. The van der Waals surface area contributed by atoms with E-state index in [-0.39, 0.29) is 16.8 Å². The number of imidazole rings is 1. The average Bonchev–Trinajstić information content (AvgIpc) is 3.12. The van der Waals surface area contributed by atoms with Gasteiger partial charge in [0.05, 0.1) is 16.0 Å². The molecule has 1 unspecified atom stereocenters. The number of aromatic nitrogens is 2. The summed E-state index contributed by atoms with van der Waals surface area (Å²) in [6.07, 6.45) is -0.206. The number of benzene rings is 3. The molecule has 6 nitrogen and oxygen atoms in total. The Labute approximate surface area is 161 Å². The molecule has 0 saturated carbocycles. The second-order valence-electron chi connectivity index (χ2n) is 6.82. The van der Waals surface area contributed by atoms with Crippen LogP contribution in [0, 0.1) is 10.1 Å². The highest BCUT2D eigenvalue weighted by Gasteiger charge is 2.33. The molecule has 0 saturated heterocycles. The number of nitrogens with zero attached hydrogens (tertiary/aromatic N) is 4. The first-order valence-corrected chi connectivity index (χ1v) is 9.26. The number of nitro groups is 1. The number of fused-ring (bicyclic) bond motifs is 5. The molecule has 1 atom stereocenters. The van der Waals surface area contributed by atoms with Gasteiger partial charge in [0, 0.05) is 35.5 Å². The van der Waals surface area contributed by atoms with E-state index in [4.69, 9.17) is 4.98 Å². The van der Waals surface area contributed by atoms with Gasteiger partial charge in [0.2, 0.25) is 0 Å². The highest BCUT2D eigenvalue weighted by molar-refractivity contribution is 5.87. The van der Waals surface area contributed by atoms with Crippen molar-refractivity contribution in [1.82, 2.24) is 9.55 Å². The fraction of sp³-hybridized carbons (Fsp3) is 0.136. The van der Waals surface area contributed by atoms with Crippen molar-refractivity contribution in [2.75, 3.05) is 11.4 Å². The average molecular weight is 370 g/mol. The predicted molar refractivity (Wildman–Crippen MR) is 109 cm³/mol. The maximum Gasteiger partial charge on any atom is 0.269 e. The maximum atomic E-state index is 11.4. The summed E-state index contributed by atoms with van der Waals surface area (Å²) in [5.41, 5.74) is 5.06. The third kappa shape index (κ3) is 2.31. The number of hydrogen-bond acceptors (Lipinski definition) is 4. The second-order valence-corrected chi connectivity index (χ2v) is 6.82. The van der Waals surface area contributed by atoms with E-state index in [9.17, 15) is 10.1 Å². The van der Waals surface area contributed by atoms with E-state index in [2.05, 4.69) is 34.6 Å². The summed E-state index contributed by atoms with van der Waals surface area (Å²) in [6.45, 7) is 2.86. The molecular formula is C22H18N4O2. The lowest BCUT2D eigenvalue weighted by Gasteiger charge is -2.40. The zero-order valence-electron chi connectivity index (χ0n) is 15.3. The molecule has 0 bridgehead atoms. The Hall–Kier alpha value is -3.67. The van der Waals surface area contributed by atoms with Crippen molar-refractivity contribution in [3.8, 4) is 11.4 Å². The lowest BCUT2D eigenvalue weighted by atomic mass is 10.0. The van der Waals surface area contributed by atoms with E-state index >= 15 is 0 Å². The van der Waals surface area contributed by atoms with Crippen molar-refractivity contribution in [2.45, 2.75) is 13.1 Å². The lowest BCUT2D eigenvalue weighted by molar-refractivity contribution is -0.384. The number of non-ortho nitro benzene ring substituents is 1. The van der Waals surface area contributed by atoms with Gasteiger partial charge in [-0.15, -0.1) is 0 Å². The van der Waals surface area contributed by atoms with Crippen LogP contribution in [-0.4, -0.2) is 21.0 Å². The topological polar surface area (TPSA) is 64.2 Å². The predicted octanol–water partition coefficient (Wildman–Crippen LogP) is 5.00. The van der Waals surface area contributed by atoms with Crippen LogP contribution in [0.3, 0.4) is 0 Å². The van der Waals surface area contributed by atoms with Crippen molar-refractivity contribution in [3.05, 3.63) is 88.5 Å². The van der Waals surface area contributed by atoms with Gasteiger partial charge in [0.25, 0.3) is 5.69 Å². The van der Waals surface area contributed by atoms with Crippen LogP contribution < -0.4 is 4.90 Å². The Balaban J connectivity index is 1.84. The molecule has 138 valence electrons. The van der Waals surface area contributed by atoms with Gasteiger partial charge in [-0.05, 0) is 31.2 Å². The van der Waals surface area contributed by atoms with E-state index < -0.39 is 0 Å². The first-order chi connectivity index (χ1) is 13.7. The van der Waals surface area contributed by atoms with Crippen molar-refractivity contribution >= 4 is 22.4 Å². The SMILES string of the molecule is CCN1c2ccccc2-c2nc3ccccc3n2C1c1cccc([N+](=O)[O-])c1. The number of rotatable bonds is 3. The minimum atomic E-state index is -0.344. The molecule has 0 aliphatic carbocycles. The Bertz CT molecular complexity index is 1210. The quantitative estimate of drug-likeness (QED) is 0.376. The van der Waals surface area contributed by atoms with Crippen LogP contribution in [0.1, 0.15) is 18.7 Å². The standard InChI is InChI=1S/C22H18N4O2/c1-2-24-19-12-5-3-10-17(19)21-23-18-11-4-6-13-20(18)25(21)22(24)15-8-7-9-16(14-15)26(27)28/h3-14,22H,2H2,1H3. The van der Waals surface area contributed by atoms with Gasteiger partial charge in [0.1, 0.15) is 12.0 Å². The number of para-hydroxylation sites is 3. The first kappa shape index (κ1) is 16.5. The van der Waals surface area contributed by atoms with Gasteiger partial charge in [-0.2, -0.15) is 0 Å². The molecule has 1 aliphatic heterocycles. The van der Waals surface area contributed by atoms with Gasteiger partial charge >= 0.3 is 0 Å². The van der Waals surface area contributed by atoms with E-state index in [1.54, 1.807) is 12.1 Å². The minimum Gasteiger partial charge on any atom is -0.347 e. The van der Waals surface area contributed by atoms with Crippen LogP contribution in [0.15, 0.2) is 72.8 Å². The summed E-state index contributed by atoms with van der Waals surface area (Å²) in [5.74, 6) is 0.887. The zero-order chi connectivity index (χ0) is 19.3. The third-order valence-corrected chi connectivity index (χ3v) is 5.31.